The smallest absolute Gasteiger partial charge is 0.164 e. The highest BCUT2D eigenvalue weighted by Crippen LogP contribution is 2.42. The van der Waals surface area contributed by atoms with Gasteiger partial charge in [0, 0.05) is 50.5 Å². The van der Waals surface area contributed by atoms with Crippen molar-refractivity contribution in [2.24, 2.45) is 0 Å². The Kier molecular flexibility index (Phi) is 8.88. The van der Waals surface area contributed by atoms with E-state index in [9.17, 15) is 0 Å². The number of fused-ring (bicyclic) bond motifs is 6. The third kappa shape index (κ3) is 6.38. The molecule has 0 bridgehead atoms. The second-order valence-electron chi connectivity index (χ2n) is 16.5. The molecule has 6 heteroatoms. The van der Waals surface area contributed by atoms with Crippen LogP contribution in [0.4, 0.5) is 0 Å². The summed E-state index contributed by atoms with van der Waals surface area (Å²) in [5.41, 5.74) is 16.0. The minimum atomic E-state index is 0.371. The molecule has 12 rings (SSSR count). The molecule has 5 nitrogen and oxygen atoms in total. The average molecular weight is 797 g/mol. The fourth-order valence-corrected chi connectivity index (χ4v) is 9.69. The van der Waals surface area contributed by atoms with Crippen LogP contribution in [0, 0.1) is 0 Å². The van der Waals surface area contributed by atoms with E-state index in [2.05, 4.69) is 162 Å². The summed E-state index contributed by atoms with van der Waals surface area (Å²) in [5.74, 6) is 2.25. The summed E-state index contributed by atoms with van der Waals surface area (Å²) in [6.45, 7) is 0. The summed E-state index contributed by atoms with van der Waals surface area (Å²) >= 11 is 0. The molecule has 0 radical (unpaired) electrons. The average Bonchev–Trinajstić information content (AvgIpc) is 3.89. The molecule has 0 spiro atoms. The quantitative estimate of drug-likeness (QED) is 0.151. The van der Waals surface area contributed by atoms with Crippen molar-refractivity contribution in [2.75, 3.05) is 0 Å². The Labute approximate surface area is 361 Å². The molecule has 0 N–H and O–H groups in total. The SMILES string of the molecule is B1CC=CC=C1C1=Cc2c(c3cc(-c4ccccc4)ccc3n2-c2ccc3c(c2)oc2cccc(-c4nc(-c5ccccc5)nc(-c5ccc(C6C=CC=CC6)cc5)n4)c23)CC1. The lowest BCUT2D eigenvalue weighted by Gasteiger charge is -2.19. The standard InChI is InChI=1S/C56H41BN4O/c1-4-13-36(14-5-1)38-22-24-40(25-23-38)55-58-54(39-17-8-3-9-18-39)59-56(60-55)46-19-12-21-51-53(46)45-30-28-43(35-52(45)62-51)61-49-31-27-41(37-15-6-2-7-16-37)33-47(49)44-29-26-42(34-50(44)61)48-20-10-11-32-57-48/h1-13,15-25,27-28,30-31,33-36,57H,14,26,29,32H2. The monoisotopic (exact) mass is 796 g/mol. The van der Waals surface area contributed by atoms with Crippen molar-refractivity contribution in [3.05, 3.63) is 210 Å². The predicted octanol–water partition coefficient (Wildman–Crippen LogP) is 13.6. The van der Waals surface area contributed by atoms with Crippen LogP contribution in [0.15, 0.2) is 198 Å². The molecule has 1 atom stereocenters. The lowest BCUT2D eigenvalue weighted by molar-refractivity contribution is 0.668. The van der Waals surface area contributed by atoms with Gasteiger partial charge in [0.1, 0.15) is 11.2 Å². The number of rotatable bonds is 7. The predicted molar refractivity (Wildman–Crippen MR) is 257 cm³/mol. The van der Waals surface area contributed by atoms with Gasteiger partial charge in [-0.15, -0.1) is 0 Å². The molecule has 0 saturated heterocycles. The highest BCUT2D eigenvalue weighted by Gasteiger charge is 2.25. The second kappa shape index (κ2) is 15.2. The van der Waals surface area contributed by atoms with Crippen molar-refractivity contribution in [1.82, 2.24) is 19.5 Å². The summed E-state index contributed by atoms with van der Waals surface area (Å²) in [7, 11) is 1.08. The van der Waals surface area contributed by atoms with E-state index in [1.807, 2.05) is 30.3 Å². The van der Waals surface area contributed by atoms with Gasteiger partial charge in [-0.3, -0.25) is 0 Å². The van der Waals surface area contributed by atoms with Crippen molar-refractivity contribution in [2.45, 2.75) is 31.5 Å². The summed E-state index contributed by atoms with van der Waals surface area (Å²) in [4.78, 5) is 15.4. The molecule has 3 aromatic heterocycles. The van der Waals surface area contributed by atoms with Gasteiger partial charge in [-0.2, -0.15) is 0 Å². The Morgan fingerprint density at radius 1 is 0.597 bits per heavy atom. The van der Waals surface area contributed by atoms with E-state index >= 15 is 0 Å². The second-order valence-corrected chi connectivity index (χ2v) is 16.5. The number of aryl methyl sites for hydroxylation is 1. The first kappa shape index (κ1) is 36.3. The minimum Gasteiger partial charge on any atom is -0.456 e. The van der Waals surface area contributed by atoms with Gasteiger partial charge in [-0.1, -0.05) is 163 Å². The molecule has 1 unspecified atom stereocenters. The van der Waals surface area contributed by atoms with E-state index < -0.39 is 0 Å². The fraction of sp³-hybridized carbons (Fsp3) is 0.0893. The molecular weight excluding hydrogens is 755 g/mol. The molecule has 0 amide bonds. The molecule has 2 aliphatic carbocycles. The van der Waals surface area contributed by atoms with Crippen LogP contribution in [-0.2, 0) is 6.42 Å². The molecule has 0 fully saturated rings. The van der Waals surface area contributed by atoms with E-state index in [-0.39, 0.29) is 0 Å². The molecule has 4 heterocycles. The Bertz CT molecular complexity index is 3370. The van der Waals surface area contributed by atoms with E-state index in [1.54, 1.807) is 0 Å². The minimum absolute atomic E-state index is 0.371. The first-order chi connectivity index (χ1) is 30.7. The number of furan rings is 1. The number of benzene rings is 6. The number of nitrogens with zero attached hydrogens (tertiary/aromatic N) is 4. The maximum Gasteiger partial charge on any atom is 0.164 e. The van der Waals surface area contributed by atoms with Crippen LogP contribution in [0.25, 0.3) is 89.9 Å². The molecular formula is C56H41BN4O. The van der Waals surface area contributed by atoms with E-state index in [4.69, 9.17) is 19.4 Å². The van der Waals surface area contributed by atoms with Crippen molar-refractivity contribution >= 4 is 46.2 Å². The third-order valence-electron chi connectivity index (χ3n) is 12.8. The van der Waals surface area contributed by atoms with Gasteiger partial charge in [0.25, 0.3) is 0 Å². The van der Waals surface area contributed by atoms with Crippen molar-refractivity contribution in [3.63, 3.8) is 0 Å². The van der Waals surface area contributed by atoms with Crippen molar-refractivity contribution < 1.29 is 4.42 Å². The van der Waals surface area contributed by atoms with Gasteiger partial charge in [-0.25, -0.2) is 15.0 Å². The molecule has 0 saturated carbocycles. The first-order valence-corrected chi connectivity index (χ1v) is 21.7. The van der Waals surface area contributed by atoms with Gasteiger partial charge in [0.2, 0.25) is 0 Å². The van der Waals surface area contributed by atoms with E-state index in [1.165, 1.54) is 49.9 Å². The van der Waals surface area contributed by atoms with Crippen LogP contribution in [0.3, 0.4) is 0 Å². The zero-order valence-electron chi connectivity index (χ0n) is 34.2. The topological polar surface area (TPSA) is 56.7 Å². The van der Waals surface area contributed by atoms with Gasteiger partial charge in [0.15, 0.2) is 24.8 Å². The van der Waals surface area contributed by atoms with E-state index in [0.29, 0.717) is 23.4 Å². The molecule has 62 heavy (non-hydrogen) atoms. The lowest BCUT2D eigenvalue weighted by Crippen LogP contribution is -2.08. The first-order valence-electron chi connectivity index (χ1n) is 21.7. The maximum absolute atomic E-state index is 6.78. The molecule has 1 aliphatic heterocycles. The van der Waals surface area contributed by atoms with Crippen molar-refractivity contribution in [1.29, 1.82) is 0 Å². The maximum atomic E-state index is 6.78. The number of hydrogen-bond acceptors (Lipinski definition) is 4. The van der Waals surface area contributed by atoms with Gasteiger partial charge >= 0.3 is 0 Å². The van der Waals surface area contributed by atoms with Crippen LogP contribution in [0.1, 0.15) is 35.6 Å². The highest BCUT2D eigenvalue weighted by atomic mass is 16.3. The zero-order chi connectivity index (χ0) is 41.0. The molecule has 3 aliphatic rings. The highest BCUT2D eigenvalue weighted by molar-refractivity contribution is 6.48. The number of hydrogen-bond donors (Lipinski definition) is 0. The number of aromatic nitrogens is 4. The molecule has 294 valence electrons. The molecule has 9 aromatic rings. The summed E-state index contributed by atoms with van der Waals surface area (Å²) in [5, 5.41) is 3.32. The summed E-state index contributed by atoms with van der Waals surface area (Å²) in [6, 6.07) is 49.4. The van der Waals surface area contributed by atoms with Crippen LogP contribution < -0.4 is 0 Å². The Morgan fingerprint density at radius 2 is 1.37 bits per heavy atom. The van der Waals surface area contributed by atoms with Gasteiger partial charge < -0.3 is 8.98 Å². The zero-order valence-corrected chi connectivity index (χ0v) is 34.2. The van der Waals surface area contributed by atoms with Crippen molar-refractivity contribution in [3.8, 4) is 51.0 Å². The Balaban J connectivity index is 0.999. The van der Waals surface area contributed by atoms with Gasteiger partial charge in [-0.05, 0) is 77.9 Å². The summed E-state index contributed by atoms with van der Waals surface area (Å²) in [6.07, 6.45) is 22.1. The van der Waals surface area contributed by atoms with Gasteiger partial charge in [0.05, 0.1) is 11.2 Å². The lowest BCUT2D eigenvalue weighted by atomic mass is 9.60. The fourth-order valence-electron chi connectivity index (χ4n) is 9.69. The van der Waals surface area contributed by atoms with Crippen LogP contribution >= 0.6 is 0 Å². The summed E-state index contributed by atoms with van der Waals surface area (Å²) < 4.78 is 9.22. The Morgan fingerprint density at radius 3 is 2.15 bits per heavy atom. The Hall–Kier alpha value is -7.57. The number of allylic oxidation sites excluding steroid dienone is 9. The van der Waals surface area contributed by atoms with Crippen LogP contribution in [-0.4, -0.2) is 26.8 Å². The largest absolute Gasteiger partial charge is 0.456 e. The van der Waals surface area contributed by atoms with E-state index in [0.717, 1.165) is 77.2 Å². The van der Waals surface area contributed by atoms with Crippen LogP contribution in [0.2, 0.25) is 6.32 Å². The van der Waals surface area contributed by atoms with Crippen LogP contribution in [0.5, 0.6) is 0 Å². The third-order valence-corrected chi connectivity index (χ3v) is 12.8. The normalized spacial score (nSPS) is 15.8. The molecule has 6 aromatic carbocycles.